The van der Waals surface area contributed by atoms with Crippen molar-refractivity contribution < 1.29 is 4.79 Å². The van der Waals surface area contributed by atoms with Gasteiger partial charge in [-0.15, -0.1) is 5.10 Å². The lowest BCUT2D eigenvalue weighted by atomic mass is 10.2. The number of nitrogens with one attached hydrogen (secondary N) is 1. The summed E-state index contributed by atoms with van der Waals surface area (Å²) in [6, 6.07) is 7.35. The number of nitrogens with zero attached hydrogens (tertiary/aromatic N) is 4. The SMILES string of the molecule is Cc1ccccc1-n1nnnc1C(Cl)(Cl)C(=O)NC(C)C. The number of carbonyl (C=O) groups is 1. The lowest BCUT2D eigenvalue weighted by Crippen LogP contribution is -2.41. The zero-order chi connectivity index (χ0) is 15.6. The number of tetrazole rings is 1. The molecule has 0 saturated heterocycles. The van der Waals surface area contributed by atoms with Crippen molar-refractivity contribution in [3.63, 3.8) is 0 Å². The molecule has 0 fully saturated rings. The van der Waals surface area contributed by atoms with E-state index in [4.69, 9.17) is 23.2 Å². The quantitative estimate of drug-likeness (QED) is 0.873. The van der Waals surface area contributed by atoms with Crippen LogP contribution in [-0.2, 0) is 9.13 Å². The van der Waals surface area contributed by atoms with Gasteiger partial charge in [-0.2, -0.15) is 4.68 Å². The molecule has 1 aromatic carbocycles. The molecule has 0 spiro atoms. The van der Waals surface area contributed by atoms with Gasteiger partial charge in [0.15, 0.2) is 0 Å². The molecule has 1 amide bonds. The average molecular weight is 328 g/mol. The third-order valence-electron chi connectivity index (χ3n) is 2.80. The van der Waals surface area contributed by atoms with E-state index < -0.39 is 10.2 Å². The second-order valence-corrected chi connectivity index (χ2v) is 6.23. The summed E-state index contributed by atoms with van der Waals surface area (Å²) in [6.45, 7) is 5.53. The Hall–Kier alpha value is -1.66. The van der Waals surface area contributed by atoms with Crippen LogP contribution in [0.2, 0.25) is 0 Å². The second kappa shape index (κ2) is 5.99. The molecule has 2 aromatic rings. The molecule has 1 aromatic heterocycles. The van der Waals surface area contributed by atoms with Crippen LogP contribution in [0.4, 0.5) is 0 Å². The predicted octanol–water partition coefficient (Wildman–Crippen LogP) is 2.13. The highest BCUT2D eigenvalue weighted by Gasteiger charge is 2.42. The van der Waals surface area contributed by atoms with E-state index in [9.17, 15) is 4.79 Å². The molecular weight excluding hydrogens is 313 g/mol. The second-order valence-electron chi connectivity index (χ2n) is 4.90. The van der Waals surface area contributed by atoms with Gasteiger partial charge >= 0.3 is 0 Å². The van der Waals surface area contributed by atoms with Gasteiger partial charge in [0.05, 0.1) is 5.69 Å². The molecule has 0 atom stereocenters. The Morgan fingerprint density at radius 2 is 2.00 bits per heavy atom. The summed E-state index contributed by atoms with van der Waals surface area (Å²) in [5.74, 6) is -0.510. The number of amides is 1. The number of aryl methyl sites for hydroxylation is 1. The Morgan fingerprint density at radius 1 is 1.33 bits per heavy atom. The van der Waals surface area contributed by atoms with Crippen molar-refractivity contribution in [2.75, 3.05) is 0 Å². The number of carbonyl (C=O) groups excluding carboxylic acids is 1. The highest BCUT2D eigenvalue weighted by atomic mass is 35.5. The first kappa shape index (κ1) is 15.7. The van der Waals surface area contributed by atoms with Crippen LogP contribution in [0, 0.1) is 6.92 Å². The van der Waals surface area contributed by atoms with E-state index in [0.29, 0.717) is 5.69 Å². The first-order chi connectivity index (χ1) is 9.84. The average Bonchev–Trinajstić information content (AvgIpc) is 2.88. The number of benzene rings is 1. The first-order valence-corrected chi connectivity index (χ1v) is 7.13. The molecule has 0 aliphatic carbocycles. The minimum Gasteiger partial charge on any atom is -0.351 e. The molecule has 8 heteroatoms. The number of aromatic nitrogens is 4. The minimum absolute atomic E-state index is 0.0540. The molecule has 1 N–H and O–H groups in total. The van der Waals surface area contributed by atoms with E-state index in [1.54, 1.807) is 0 Å². The van der Waals surface area contributed by atoms with E-state index in [1.165, 1.54) is 4.68 Å². The molecule has 0 aliphatic heterocycles. The van der Waals surface area contributed by atoms with Gasteiger partial charge in [-0.05, 0) is 42.8 Å². The highest BCUT2D eigenvalue weighted by molar-refractivity contribution is 6.57. The molecular formula is C13H15Cl2N5O. The van der Waals surface area contributed by atoms with Gasteiger partial charge in [0.2, 0.25) is 5.82 Å². The van der Waals surface area contributed by atoms with Gasteiger partial charge in [0, 0.05) is 6.04 Å². The van der Waals surface area contributed by atoms with Gasteiger partial charge in [-0.25, -0.2) is 0 Å². The van der Waals surface area contributed by atoms with Crippen molar-refractivity contribution in [2.24, 2.45) is 0 Å². The monoisotopic (exact) mass is 327 g/mol. The molecule has 0 unspecified atom stereocenters. The number of halogens is 2. The van der Waals surface area contributed by atoms with E-state index >= 15 is 0 Å². The minimum atomic E-state index is -1.88. The number of hydrogen-bond acceptors (Lipinski definition) is 4. The van der Waals surface area contributed by atoms with Gasteiger partial charge < -0.3 is 5.32 Å². The summed E-state index contributed by atoms with van der Waals surface area (Å²) in [4.78, 5) is 12.2. The number of para-hydroxylation sites is 1. The topological polar surface area (TPSA) is 72.7 Å². The largest absolute Gasteiger partial charge is 0.351 e. The Morgan fingerprint density at radius 3 is 2.62 bits per heavy atom. The Balaban J connectivity index is 2.45. The lowest BCUT2D eigenvalue weighted by molar-refractivity contribution is -0.122. The van der Waals surface area contributed by atoms with Crippen molar-refractivity contribution in [1.82, 2.24) is 25.5 Å². The van der Waals surface area contributed by atoms with Crippen LogP contribution in [0.15, 0.2) is 24.3 Å². The predicted molar refractivity (Wildman–Crippen MR) is 80.6 cm³/mol. The van der Waals surface area contributed by atoms with Gasteiger partial charge in [-0.1, -0.05) is 41.4 Å². The van der Waals surface area contributed by atoms with E-state index in [0.717, 1.165) is 5.56 Å². The summed E-state index contributed by atoms with van der Waals surface area (Å²) in [6.07, 6.45) is 0. The molecule has 112 valence electrons. The Labute approximate surface area is 132 Å². The number of hydrogen-bond donors (Lipinski definition) is 1. The Kier molecular flexibility index (Phi) is 4.49. The van der Waals surface area contributed by atoms with Gasteiger partial charge in [0.25, 0.3) is 10.2 Å². The van der Waals surface area contributed by atoms with Crippen molar-refractivity contribution in [2.45, 2.75) is 31.1 Å². The lowest BCUT2D eigenvalue weighted by Gasteiger charge is -2.20. The smallest absolute Gasteiger partial charge is 0.264 e. The van der Waals surface area contributed by atoms with Crippen molar-refractivity contribution in [3.05, 3.63) is 35.7 Å². The van der Waals surface area contributed by atoms with Gasteiger partial charge in [-0.3, -0.25) is 4.79 Å². The summed E-state index contributed by atoms with van der Waals surface area (Å²) in [7, 11) is 0. The van der Waals surface area contributed by atoms with E-state index in [2.05, 4.69) is 20.8 Å². The zero-order valence-electron chi connectivity index (χ0n) is 11.8. The zero-order valence-corrected chi connectivity index (χ0v) is 13.4. The highest BCUT2D eigenvalue weighted by Crippen LogP contribution is 2.33. The fraction of sp³-hybridized carbons (Fsp3) is 0.385. The molecule has 0 saturated carbocycles. The van der Waals surface area contributed by atoms with Crippen LogP contribution >= 0.6 is 23.2 Å². The van der Waals surface area contributed by atoms with Crippen LogP contribution < -0.4 is 5.32 Å². The molecule has 1 heterocycles. The molecule has 2 rings (SSSR count). The standard InChI is InChI=1S/C13H15Cl2N5O/c1-8(2)16-12(21)13(14,15)11-17-18-19-20(11)10-7-5-4-6-9(10)3/h4-8H,1-3H3,(H,16,21). The summed E-state index contributed by atoms with van der Waals surface area (Å²) < 4.78 is -0.509. The van der Waals surface area contributed by atoms with E-state index in [-0.39, 0.29) is 11.9 Å². The van der Waals surface area contributed by atoms with Crippen LogP contribution in [-0.4, -0.2) is 32.2 Å². The van der Waals surface area contributed by atoms with Crippen molar-refractivity contribution in [1.29, 1.82) is 0 Å². The third kappa shape index (κ3) is 3.16. The number of rotatable bonds is 4. The molecule has 21 heavy (non-hydrogen) atoms. The molecule has 0 radical (unpaired) electrons. The Bertz CT molecular complexity index is 654. The van der Waals surface area contributed by atoms with Crippen molar-refractivity contribution in [3.8, 4) is 5.69 Å². The maximum absolute atomic E-state index is 12.2. The van der Waals surface area contributed by atoms with Crippen LogP contribution in [0.25, 0.3) is 5.69 Å². The summed E-state index contributed by atoms with van der Waals surface area (Å²) in [5.41, 5.74) is 1.64. The van der Waals surface area contributed by atoms with Gasteiger partial charge in [0.1, 0.15) is 0 Å². The van der Waals surface area contributed by atoms with Crippen molar-refractivity contribution >= 4 is 29.1 Å². The van der Waals surface area contributed by atoms with E-state index in [1.807, 2.05) is 45.0 Å². The van der Waals surface area contributed by atoms with Crippen LogP contribution in [0.1, 0.15) is 25.2 Å². The molecule has 0 bridgehead atoms. The van der Waals surface area contributed by atoms with Crippen LogP contribution in [0.5, 0.6) is 0 Å². The molecule has 6 nitrogen and oxygen atoms in total. The summed E-state index contributed by atoms with van der Waals surface area (Å²) in [5, 5.41) is 13.9. The fourth-order valence-corrected chi connectivity index (χ4v) is 2.15. The maximum Gasteiger partial charge on any atom is 0.264 e. The normalized spacial score (nSPS) is 11.7. The summed E-state index contributed by atoms with van der Waals surface area (Å²) >= 11 is 12.4. The fourth-order valence-electron chi connectivity index (χ4n) is 1.80. The third-order valence-corrected chi connectivity index (χ3v) is 3.48. The maximum atomic E-state index is 12.2. The number of alkyl halides is 2. The first-order valence-electron chi connectivity index (χ1n) is 6.37. The molecule has 0 aliphatic rings. The van der Waals surface area contributed by atoms with Crippen LogP contribution in [0.3, 0.4) is 0 Å².